The Hall–Kier alpha value is -3.56. The van der Waals surface area contributed by atoms with Gasteiger partial charge in [-0.2, -0.15) is 0 Å². The molecule has 162 valence electrons. The third-order valence-electron chi connectivity index (χ3n) is 7.76. The summed E-state index contributed by atoms with van der Waals surface area (Å²) in [5, 5.41) is 3.87. The van der Waals surface area contributed by atoms with Crippen LogP contribution in [0.25, 0.3) is 21.7 Å². The maximum Gasteiger partial charge on any atom is 0.205 e. The average Bonchev–Trinajstić information content (AvgIpc) is 3.26. The van der Waals surface area contributed by atoms with Crippen LogP contribution in [0.1, 0.15) is 34.7 Å². The highest BCUT2D eigenvalue weighted by Crippen LogP contribution is 2.53. The first kappa shape index (κ1) is 19.0. The van der Waals surface area contributed by atoms with Crippen molar-refractivity contribution in [3.8, 4) is 5.75 Å². The zero-order valence-electron chi connectivity index (χ0n) is 18.7. The third-order valence-corrected chi connectivity index (χ3v) is 7.76. The first-order valence-electron chi connectivity index (χ1n) is 11.8. The Labute approximate surface area is 193 Å². The Kier molecular flexibility index (Phi) is 4.00. The summed E-state index contributed by atoms with van der Waals surface area (Å²) in [4.78, 5) is 6.20. The molecule has 3 nitrogen and oxygen atoms in total. The summed E-state index contributed by atoms with van der Waals surface area (Å²) in [6, 6.07) is 32.7. The number of aromatic nitrogens is 1. The number of rotatable bonds is 1. The zero-order chi connectivity index (χ0) is 22.0. The molecule has 33 heavy (non-hydrogen) atoms. The second-order valence-electron chi connectivity index (χ2n) is 9.45. The lowest BCUT2D eigenvalue weighted by atomic mass is 9.77. The highest BCUT2D eigenvalue weighted by Gasteiger charge is 2.50. The summed E-state index contributed by atoms with van der Waals surface area (Å²) in [6.07, 6.45) is 1.90. The molecule has 7 rings (SSSR count). The van der Waals surface area contributed by atoms with Gasteiger partial charge in [0, 0.05) is 35.3 Å². The van der Waals surface area contributed by atoms with E-state index in [4.69, 9.17) is 4.74 Å². The minimum Gasteiger partial charge on any atom is -0.466 e. The van der Waals surface area contributed by atoms with Gasteiger partial charge in [-0.3, -0.25) is 4.90 Å². The lowest BCUT2D eigenvalue weighted by molar-refractivity contribution is -0.107. The molecule has 0 amide bonds. The molecule has 0 radical (unpaired) electrons. The number of ether oxygens (including phenoxy) is 1. The van der Waals surface area contributed by atoms with Crippen LogP contribution in [-0.4, -0.2) is 23.5 Å². The highest BCUT2D eigenvalue weighted by atomic mass is 16.5. The molecule has 2 atom stereocenters. The van der Waals surface area contributed by atoms with Gasteiger partial charge in [0.05, 0.1) is 5.69 Å². The van der Waals surface area contributed by atoms with Crippen molar-refractivity contribution in [2.24, 2.45) is 0 Å². The van der Waals surface area contributed by atoms with E-state index in [1.165, 1.54) is 44.1 Å². The fourth-order valence-electron chi connectivity index (χ4n) is 6.13. The van der Waals surface area contributed by atoms with Crippen molar-refractivity contribution in [2.75, 3.05) is 13.6 Å². The number of hydrogen-bond acceptors (Lipinski definition) is 2. The summed E-state index contributed by atoms with van der Waals surface area (Å²) in [5.74, 6) is 1.23. The summed E-state index contributed by atoms with van der Waals surface area (Å²) in [5.41, 5.74) is 5.94. The first-order valence-corrected chi connectivity index (χ1v) is 11.8. The monoisotopic (exact) mass is 430 g/mol. The Balaban J connectivity index is 1.51. The van der Waals surface area contributed by atoms with Gasteiger partial charge in [0.2, 0.25) is 5.72 Å². The number of likely N-dealkylation sites (N-methyl/N-ethyl adjacent to an activating group) is 1. The van der Waals surface area contributed by atoms with Crippen LogP contribution in [0.5, 0.6) is 5.75 Å². The number of para-hydroxylation sites is 1. The molecule has 0 saturated heterocycles. The third kappa shape index (κ3) is 2.66. The minimum absolute atomic E-state index is 0.237. The average molecular weight is 431 g/mol. The van der Waals surface area contributed by atoms with E-state index in [9.17, 15) is 0 Å². The maximum absolute atomic E-state index is 7.08. The molecule has 3 heteroatoms. The molecule has 1 spiro atoms. The summed E-state index contributed by atoms with van der Waals surface area (Å²) in [6.45, 7) is 0.971. The normalized spacial score (nSPS) is 22.3. The number of fused-ring (bicyclic) bond motifs is 7. The van der Waals surface area contributed by atoms with Crippen LogP contribution >= 0.6 is 0 Å². The van der Waals surface area contributed by atoms with Crippen LogP contribution in [0.4, 0.5) is 0 Å². The fraction of sp³-hybridized carbons (Fsp3) is 0.200. The van der Waals surface area contributed by atoms with E-state index in [-0.39, 0.29) is 5.92 Å². The molecule has 2 aliphatic rings. The van der Waals surface area contributed by atoms with E-state index >= 15 is 0 Å². The van der Waals surface area contributed by atoms with Crippen molar-refractivity contribution in [3.63, 3.8) is 0 Å². The van der Waals surface area contributed by atoms with Crippen molar-refractivity contribution in [2.45, 2.75) is 24.5 Å². The number of benzene rings is 4. The molecule has 0 fully saturated rings. The van der Waals surface area contributed by atoms with Crippen LogP contribution in [0.15, 0.2) is 91.0 Å². The molecule has 2 aliphatic heterocycles. The van der Waals surface area contributed by atoms with Crippen LogP contribution in [0.3, 0.4) is 0 Å². The molecule has 1 N–H and O–H groups in total. The van der Waals surface area contributed by atoms with Crippen LogP contribution in [0.2, 0.25) is 0 Å². The van der Waals surface area contributed by atoms with Crippen LogP contribution in [-0.2, 0) is 12.1 Å². The lowest BCUT2D eigenvalue weighted by Crippen LogP contribution is -2.55. The van der Waals surface area contributed by atoms with Gasteiger partial charge in [-0.25, -0.2) is 0 Å². The van der Waals surface area contributed by atoms with Gasteiger partial charge in [0.25, 0.3) is 0 Å². The molecule has 0 saturated carbocycles. The molecule has 3 heterocycles. The second-order valence-corrected chi connectivity index (χ2v) is 9.45. The Morgan fingerprint density at radius 1 is 0.848 bits per heavy atom. The van der Waals surface area contributed by atoms with E-state index in [0.717, 1.165) is 25.1 Å². The van der Waals surface area contributed by atoms with Crippen molar-refractivity contribution in [3.05, 3.63) is 113 Å². The van der Waals surface area contributed by atoms with Gasteiger partial charge < -0.3 is 9.72 Å². The predicted molar refractivity (Wildman–Crippen MR) is 134 cm³/mol. The van der Waals surface area contributed by atoms with Gasteiger partial charge in [0.1, 0.15) is 5.75 Å². The van der Waals surface area contributed by atoms with Gasteiger partial charge >= 0.3 is 0 Å². The SMILES string of the molecule is CN1CCc2c([nH]c3ccccc23)[C@@]12C[C@H](c1ccccc1)c1c(ccc3ccccc13)O2. The predicted octanol–water partition coefficient (Wildman–Crippen LogP) is 6.58. The number of H-pyrrole nitrogens is 1. The minimum atomic E-state index is -0.525. The van der Waals surface area contributed by atoms with Gasteiger partial charge in [-0.05, 0) is 47.5 Å². The largest absolute Gasteiger partial charge is 0.466 e. The Bertz CT molecular complexity index is 1500. The maximum atomic E-state index is 7.08. The second kappa shape index (κ2) is 6.97. The van der Waals surface area contributed by atoms with Crippen molar-refractivity contribution >= 4 is 21.7 Å². The van der Waals surface area contributed by atoms with Gasteiger partial charge in [0.15, 0.2) is 0 Å². The fourth-order valence-corrected chi connectivity index (χ4v) is 6.13. The first-order chi connectivity index (χ1) is 16.2. The number of aromatic amines is 1. The van der Waals surface area contributed by atoms with E-state index < -0.39 is 5.72 Å². The summed E-state index contributed by atoms with van der Waals surface area (Å²) < 4.78 is 7.08. The van der Waals surface area contributed by atoms with Gasteiger partial charge in [-0.1, -0.05) is 78.9 Å². The standard InChI is InChI=1S/C30H26N2O/c1-32-18-17-24-23-13-7-8-14-26(23)31-29(24)30(32)19-25(20-9-3-2-4-10-20)28-22-12-6-5-11-21(22)15-16-27(28)33-30/h2-16,25,31H,17-19H2,1H3/t25-,30+/m1/s1. The molecule has 5 aromatic rings. The lowest BCUT2D eigenvalue weighted by Gasteiger charge is -2.49. The smallest absolute Gasteiger partial charge is 0.205 e. The topological polar surface area (TPSA) is 28.3 Å². The molecule has 4 aromatic carbocycles. The highest BCUT2D eigenvalue weighted by molar-refractivity contribution is 5.89. The van der Waals surface area contributed by atoms with E-state index in [2.05, 4.69) is 108 Å². The quantitative estimate of drug-likeness (QED) is 0.325. The zero-order valence-corrected chi connectivity index (χ0v) is 18.7. The van der Waals surface area contributed by atoms with Crippen LogP contribution in [0, 0.1) is 0 Å². The Morgan fingerprint density at radius 3 is 2.48 bits per heavy atom. The summed E-state index contributed by atoms with van der Waals surface area (Å²) >= 11 is 0. The number of nitrogens with one attached hydrogen (secondary N) is 1. The molecular formula is C30H26N2O. The van der Waals surface area contributed by atoms with Gasteiger partial charge in [-0.15, -0.1) is 0 Å². The summed E-state index contributed by atoms with van der Waals surface area (Å²) in [7, 11) is 2.21. The molecule has 1 aromatic heterocycles. The molecular weight excluding hydrogens is 404 g/mol. The molecule has 0 unspecified atom stereocenters. The van der Waals surface area contributed by atoms with Crippen LogP contribution < -0.4 is 4.74 Å². The number of nitrogens with zero attached hydrogens (tertiary/aromatic N) is 1. The van der Waals surface area contributed by atoms with Crippen molar-refractivity contribution < 1.29 is 4.74 Å². The van der Waals surface area contributed by atoms with E-state index in [1.807, 2.05) is 0 Å². The van der Waals surface area contributed by atoms with E-state index in [0.29, 0.717) is 0 Å². The Morgan fingerprint density at radius 2 is 1.61 bits per heavy atom. The van der Waals surface area contributed by atoms with Crippen molar-refractivity contribution in [1.29, 1.82) is 0 Å². The number of hydrogen-bond donors (Lipinski definition) is 1. The molecule has 0 bridgehead atoms. The molecule has 0 aliphatic carbocycles. The van der Waals surface area contributed by atoms with E-state index in [1.54, 1.807) is 0 Å². The van der Waals surface area contributed by atoms with Crippen molar-refractivity contribution in [1.82, 2.24) is 9.88 Å².